The monoisotopic (exact) mass is 305 g/mol. The molecule has 0 aliphatic heterocycles. The first kappa shape index (κ1) is 15.5. The van der Waals surface area contributed by atoms with E-state index in [4.69, 9.17) is 11.6 Å². The summed E-state index contributed by atoms with van der Waals surface area (Å²) in [6.07, 6.45) is 2.70. The summed E-state index contributed by atoms with van der Waals surface area (Å²) in [5, 5.41) is 15.0. The minimum atomic E-state index is 0.449. The third kappa shape index (κ3) is 4.86. The van der Waals surface area contributed by atoms with Gasteiger partial charge in [0, 0.05) is 17.3 Å². The zero-order chi connectivity index (χ0) is 15.2. The lowest BCUT2D eigenvalue weighted by Crippen LogP contribution is -2.08. The van der Waals surface area contributed by atoms with Crippen LogP contribution in [0.1, 0.15) is 25.8 Å². The van der Waals surface area contributed by atoms with E-state index < -0.39 is 0 Å². The van der Waals surface area contributed by atoms with Crippen molar-refractivity contribution < 1.29 is 0 Å². The average Bonchev–Trinajstić information content (AvgIpc) is 2.43. The highest BCUT2D eigenvalue weighted by Gasteiger charge is 2.03. The van der Waals surface area contributed by atoms with E-state index in [1.807, 2.05) is 25.1 Å². The van der Waals surface area contributed by atoms with Crippen LogP contribution in [0, 0.1) is 12.8 Å². The fourth-order valence-corrected chi connectivity index (χ4v) is 1.91. The van der Waals surface area contributed by atoms with Crippen molar-refractivity contribution in [2.24, 2.45) is 5.92 Å². The SMILES string of the molecule is Cc1ccc(Nc2nncc(NCCC(C)C)n2)cc1Cl. The largest absolute Gasteiger partial charge is 0.369 e. The Kier molecular flexibility index (Phi) is 5.33. The molecule has 2 aromatic rings. The number of anilines is 3. The van der Waals surface area contributed by atoms with Crippen molar-refractivity contribution in [2.45, 2.75) is 27.2 Å². The predicted octanol–water partition coefficient (Wildman–Crippen LogP) is 4.04. The van der Waals surface area contributed by atoms with Crippen molar-refractivity contribution in [1.82, 2.24) is 15.2 Å². The number of nitrogens with zero attached hydrogens (tertiary/aromatic N) is 3. The normalized spacial score (nSPS) is 10.7. The third-order valence-corrected chi connectivity index (χ3v) is 3.42. The summed E-state index contributed by atoms with van der Waals surface area (Å²) in [5.74, 6) is 1.82. The van der Waals surface area contributed by atoms with Gasteiger partial charge in [0.05, 0.1) is 6.20 Å². The van der Waals surface area contributed by atoms with Crippen LogP contribution in [0.2, 0.25) is 5.02 Å². The Hall–Kier alpha value is -1.88. The predicted molar refractivity (Wildman–Crippen MR) is 87.2 cm³/mol. The third-order valence-electron chi connectivity index (χ3n) is 3.01. The molecule has 0 spiro atoms. The molecule has 2 N–H and O–H groups in total. The van der Waals surface area contributed by atoms with Crippen LogP contribution in [0.25, 0.3) is 0 Å². The van der Waals surface area contributed by atoms with E-state index in [0.717, 1.165) is 24.2 Å². The summed E-state index contributed by atoms with van der Waals surface area (Å²) in [6.45, 7) is 7.21. The van der Waals surface area contributed by atoms with Crippen molar-refractivity contribution in [2.75, 3.05) is 17.2 Å². The van der Waals surface area contributed by atoms with Crippen LogP contribution in [-0.4, -0.2) is 21.7 Å². The van der Waals surface area contributed by atoms with Gasteiger partial charge in [-0.05, 0) is 37.0 Å². The summed E-state index contributed by atoms with van der Waals surface area (Å²) in [4.78, 5) is 4.38. The minimum Gasteiger partial charge on any atom is -0.369 e. The number of nitrogens with one attached hydrogen (secondary N) is 2. The smallest absolute Gasteiger partial charge is 0.249 e. The highest BCUT2D eigenvalue weighted by Crippen LogP contribution is 2.21. The van der Waals surface area contributed by atoms with E-state index in [9.17, 15) is 0 Å². The quantitative estimate of drug-likeness (QED) is 0.843. The van der Waals surface area contributed by atoms with Gasteiger partial charge < -0.3 is 10.6 Å². The summed E-state index contributed by atoms with van der Waals surface area (Å²) >= 11 is 6.10. The van der Waals surface area contributed by atoms with Crippen molar-refractivity contribution in [3.8, 4) is 0 Å². The molecule has 0 aliphatic rings. The van der Waals surface area contributed by atoms with E-state index in [1.165, 1.54) is 0 Å². The molecule has 2 rings (SSSR count). The van der Waals surface area contributed by atoms with E-state index in [2.05, 4.69) is 39.7 Å². The fourth-order valence-electron chi connectivity index (χ4n) is 1.73. The number of benzene rings is 1. The van der Waals surface area contributed by atoms with Crippen molar-refractivity contribution in [3.05, 3.63) is 35.0 Å². The maximum atomic E-state index is 6.10. The maximum absolute atomic E-state index is 6.10. The number of hydrogen-bond donors (Lipinski definition) is 2. The van der Waals surface area contributed by atoms with Crippen LogP contribution in [0.3, 0.4) is 0 Å². The second-order valence-electron chi connectivity index (χ2n) is 5.36. The zero-order valence-corrected chi connectivity index (χ0v) is 13.3. The van der Waals surface area contributed by atoms with Gasteiger partial charge >= 0.3 is 0 Å². The highest BCUT2D eigenvalue weighted by molar-refractivity contribution is 6.31. The molecule has 0 aliphatic carbocycles. The zero-order valence-electron chi connectivity index (χ0n) is 12.5. The van der Waals surface area contributed by atoms with Crippen molar-refractivity contribution >= 4 is 29.1 Å². The van der Waals surface area contributed by atoms with Gasteiger partial charge in [-0.25, -0.2) is 0 Å². The molecule has 0 amide bonds. The van der Waals surface area contributed by atoms with Gasteiger partial charge in [-0.15, -0.1) is 5.10 Å². The van der Waals surface area contributed by atoms with E-state index >= 15 is 0 Å². The molecule has 0 radical (unpaired) electrons. The van der Waals surface area contributed by atoms with Gasteiger partial charge in [0.15, 0.2) is 5.82 Å². The molecule has 21 heavy (non-hydrogen) atoms. The molecule has 1 aromatic carbocycles. The standard InChI is InChI=1S/C15H20ClN5/c1-10(2)6-7-17-14-9-18-21-15(20-14)19-12-5-4-11(3)13(16)8-12/h4-5,8-10H,6-7H2,1-3H3,(H2,17,19,20,21). The number of halogens is 1. The second kappa shape index (κ2) is 7.22. The molecular formula is C15H20ClN5. The summed E-state index contributed by atoms with van der Waals surface area (Å²) in [7, 11) is 0. The summed E-state index contributed by atoms with van der Waals surface area (Å²) in [5.41, 5.74) is 1.87. The minimum absolute atomic E-state index is 0.449. The molecule has 112 valence electrons. The van der Waals surface area contributed by atoms with Crippen LogP contribution in [0.15, 0.2) is 24.4 Å². The number of aromatic nitrogens is 3. The molecule has 0 saturated heterocycles. The van der Waals surface area contributed by atoms with E-state index in [-0.39, 0.29) is 0 Å². The first-order valence-corrected chi connectivity index (χ1v) is 7.39. The average molecular weight is 306 g/mol. The Morgan fingerprint density at radius 3 is 2.81 bits per heavy atom. The number of rotatable bonds is 6. The van der Waals surface area contributed by atoms with Crippen LogP contribution in [0.5, 0.6) is 0 Å². The Balaban J connectivity index is 2.01. The van der Waals surface area contributed by atoms with Gasteiger partial charge in [0.2, 0.25) is 5.95 Å². The van der Waals surface area contributed by atoms with Crippen LogP contribution in [-0.2, 0) is 0 Å². The summed E-state index contributed by atoms with van der Waals surface area (Å²) < 4.78 is 0. The molecular weight excluding hydrogens is 286 g/mol. The Morgan fingerprint density at radius 1 is 1.29 bits per heavy atom. The first-order valence-electron chi connectivity index (χ1n) is 7.01. The lowest BCUT2D eigenvalue weighted by atomic mass is 10.1. The molecule has 0 bridgehead atoms. The van der Waals surface area contributed by atoms with Crippen LogP contribution in [0.4, 0.5) is 17.5 Å². The van der Waals surface area contributed by atoms with Crippen molar-refractivity contribution in [1.29, 1.82) is 0 Å². The lowest BCUT2D eigenvalue weighted by molar-refractivity contribution is 0.606. The van der Waals surface area contributed by atoms with Crippen molar-refractivity contribution in [3.63, 3.8) is 0 Å². The molecule has 5 nitrogen and oxygen atoms in total. The van der Waals surface area contributed by atoms with Gasteiger partial charge in [-0.2, -0.15) is 10.1 Å². The Morgan fingerprint density at radius 2 is 2.10 bits per heavy atom. The Bertz CT molecular complexity index is 600. The van der Waals surface area contributed by atoms with E-state index in [0.29, 0.717) is 22.7 Å². The molecule has 1 aromatic heterocycles. The molecule has 1 heterocycles. The molecule has 0 fully saturated rings. The maximum Gasteiger partial charge on any atom is 0.249 e. The fraction of sp³-hybridized carbons (Fsp3) is 0.400. The summed E-state index contributed by atoms with van der Waals surface area (Å²) in [6, 6.07) is 5.73. The lowest BCUT2D eigenvalue weighted by Gasteiger charge is -2.09. The second-order valence-corrected chi connectivity index (χ2v) is 5.77. The van der Waals surface area contributed by atoms with Crippen LogP contribution >= 0.6 is 11.6 Å². The van der Waals surface area contributed by atoms with Gasteiger partial charge in [0.1, 0.15) is 0 Å². The van der Waals surface area contributed by atoms with Gasteiger partial charge in [-0.3, -0.25) is 0 Å². The van der Waals surface area contributed by atoms with Crippen LogP contribution < -0.4 is 10.6 Å². The molecule has 0 unspecified atom stereocenters. The first-order chi connectivity index (χ1) is 10.0. The highest BCUT2D eigenvalue weighted by atomic mass is 35.5. The van der Waals surface area contributed by atoms with E-state index in [1.54, 1.807) is 6.20 Å². The van der Waals surface area contributed by atoms with Gasteiger partial charge in [-0.1, -0.05) is 31.5 Å². The number of aryl methyl sites for hydroxylation is 1. The van der Waals surface area contributed by atoms with Gasteiger partial charge in [0.25, 0.3) is 0 Å². The molecule has 0 saturated carbocycles. The topological polar surface area (TPSA) is 62.7 Å². The Labute approximate surface area is 130 Å². The molecule has 0 atom stereocenters. The number of hydrogen-bond acceptors (Lipinski definition) is 5. The molecule has 6 heteroatoms.